The van der Waals surface area contributed by atoms with Crippen LogP contribution in [0.2, 0.25) is 0 Å². The van der Waals surface area contributed by atoms with Crippen molar-refractivity contribution in [2.75, 3.05) is 0 Å². The summed E-state index contributed by atoms with van der Waals surface area (Å²) in [4.78, 5) is 10.7. The minimum absolute atomic E-state index is 0.216. The van der Waals surface area contributed by atoms with Gasteiger partial charge in [-0.05, 0) is 30.6 Å². The van der Waals surface area contributed by atoms with Crippen LogP contribution in [0.15, 0.2) is 0 Å². The van der Waals surface area contributed by atoms with E-state index in [2.05, 4.69) is 27.1 Å². The van der Waals surface area contributed by atoms with Gasteiger partial charge in [-0.2, -0.15) is 0 Å². The molecule has 3 atom stereocenters. The topological polar surface area (TPSA) is 17.1 Å². The summed E-state index contributed by atoms with van der Waals surface area (Å²) in [6.45, 7) is 6.66. The second kappa shape index (κ2) is 4.06. The van der Waals surface area contributed by atoms with E-state index in [1.807, 2.05) is 0 Å². The van der Waals surface area contributed by atoms with Crippen LogP contribution in [0.3, 0.4) is 0 Å². The molecule has 0 saturated heterocycles. The summed E-state index contributed by atoms with van der Waals surface area (Å²) in [6, 6.07) is 0. The lowest BCUT2D eigenvalue weighted by Crippen LogP contribution is -2.28. The molecular formula is C11H19O. The standard InChI is InChI=1S/C11H19O/c1-8(2)11-5-4-9(3)6-10(11)7-12/h8-11H,4-6H2,1-3H3. The van der Waals surface area contributed by atoms with Gasteiger partial charge in [-0.3, -0.25) is 4.79 Å². The van der Waals surface area contributed by atoms with E-state index in [9.17, 15) is 4.79 Å². The summed E-state index contributed by atoms with van der Waals surface area (Å²) in [5, 5.41) is 0. The van der Waals surface area contributed by atoms with Crippen LogP contribution in [0, 0.1) is 23.7 Å². The maximum Gasteiger partial charge on any atom is 0.202 e. The van der Waals surface area contributed by atoms with Crippen LogP contribution in [0.5, 0.6) is 0 Å². The number of hydrogen-bond acceptors (Lipinski definition) is 1. The van der Waals surface area contributed by atoms with Crippen molar-refractivity contribution < 1.29 is 4.79 Å². The molecule has 0 bridgehead atoms. The summed E-state index contributed by atoms with van der Waals surface area (Å²) in [5.41, 5.74) is 0. The number of carbonyl (C=O) groups excluding carboxylic acids is 1. The first-order valence-electron chi connectivity index (χ1n) is 5.02. The van der Waals surface area contributed by atoms with E-state index in [4.69, 9.17) is 0 Å². The number of hydrogen-bond donors (Lipinski definition) is 0. The van der Waals surface area contributed by atoms with Crippen LogP contribution in [0.4, 0.5) is 0 Å². The fourth-order valence-corrected chi connectivity index (χ4v) is 2.34. The van der Waals surface area contributed by atoms with Gasteiger partial charge in [-0.25, -0.2) is 0 Å². The summed E-state index contributed by atoms with van der Waals surface area (Å²) < 4.78 is 0. The summed E-state index contributed by atoms with van der Waals surface area (Å²) >= 11 is 0. The van der Waals surface area contributed by atoms with Gasteiger partial charge in [0.1, 0.15) is 0 Å². The van der Waals surface area contributed by atoms with E-state index >= 15 is 0 Å². The Balaban J connectivity index is 2.56. The zero-order chi connectivity index (χ0) is 9.14. The van der Waals surface area contributed by atoms with E-state index in [0.717, 1.165) is 12.3 Å². The predicted octanol–water partition coefficient (Wildman–Crippen LogP) is 2.80. The van der Waals surface area contributed by atoms with E-state index in [1.54, 1.807) is 0 Å². The monoisotopic (exact) mass is 167 g/mol. The zero-order valence-corrected chi connectivity index (χ0v) is 8.34. The highest BCUT2D eigenvalue weighted by atomic mass is 16.1. The van der Waals surface area contributed by atoms with Crippen molar-refractivity contribution in [3.05, 3.63) is 0 Å². The minimum Gasteiger partial charge on any atom is -0.291 e. The van der Waals surface area contributed by atoms with Crippen molar-refractivity contribution in [1.29, 1.82) is 0 Å². The van der Waals surface area contributed by atoms with E-state index in [0.29, 0.717) is 11.8 Å². The molecule has 1 nitrogen and oxygen atoms in total. The molecule has 0 aromatic rings. The molecule has 1 heteroatoms. The van der Waals surface area contributed by atoms with Crippen molar-refractivity contribution in [2.45, 2.75) is 40.0 Å². The highest BCUT2D eigenvalue weighted by Gasteiger charge is 2.30. The van der Waals surface area contributed by atoms with Crippen LogP contribution < -0.4 is 0 Å². The first-order valence-corrected chi connectivity index (χ1v) is 5.02. The highest BCUT2D eigenvalue weighted by Crippen LogP contribution is 2.36. The van der Waals surface area contributed by atoms with Crippen molar-refractivity contribution in [1.82, 2.24) is 0 Å². The molecule has 1 aliphatic carbocycles. The SMILES string of the molecule is CC1CCC(C(C)C)C([C]=O)C1. The Hall–Kier alpha value is -0.330. The van der Waals surface area contributed by atoms with Crippen molar-refractivity contribution in [3.63, 3.8) is 0 Å². The summed E-state index contributed by atoms with van der Waals surface area (Å²) in [5.74, 6) is 2.18. The van der Waals surface area contributed by atoms with Crippen molar-refractivity contribution in [3.8, 4) is 0 Å². The molecule has 1 fully saturated rings. The average Bonchev–Trinajstić information content (AvgIpc) is 2.03. The van der Waals surface area contributed by atoms with E-state index in [1.165, 1.54) is 12.8 Å². The molecule has 0 heterocycles. The molecule has 1 rings (SSSR count). The van der Waals surface area contributed by atoms with Crippen LogP contribution in [-0.4, -0.2) is 6.29 Å². The van der Waals surface area contributed by atoms with Gasteiger partial charge in [0.25, 0.3) is 0 Å². The molecule has 0 spiro atoms. The van der Waals surface area contributed by atoms with Gasteiger partial charge < -0.3 is 0 Å². The summed E-state index contributed by atoms with van der Waals surface area (Å²) in [6.07, 6.45) is 5.79. The first kappa shape index (κ1) is 9.76. The fourth-order valence-electron chi connectivity index (χ4n) is 2.34. The lowest BCUT2D eigenvalue weighted by Gasteiger charge is -2.33. The Kier molecular flexibility index (Phi) is 3.30. The van der Waals surface area contributed by atoms with Gasteiger partial charge in [-0.15, -0.1) is 0 Å². The second-order valence-corrected chi connectivity index (χ2v) is 4.55. The van der Waals surface area contributed by atoms with Gasteiger partial charge in [0.05, 0.1) is 0 Å². The molecule has 0 amide bonds. The molecule has 0 aromatic carbocycles. The van der Waals surface area contributed by atoms with E-state index < -0.39 is 0 Å². The Morgan fingerprint density at radius 1 is 1.33 bits per heavy atom. The second-order valence-electron chi connectivity index (χ2n) is 4.55. The van der Waals surface area contributed by atoms with Crippen molar-refractivity contribution in [2.24, 2.45) is 23.7 Å². The molecule has 0 aromatic heterocycles. The molecule has 1 saturated carbocycles. The van der Waals surface area contributed by atoms with Crippen LogP contribution >= 0.6 is 0 Å². The number of rotatable bonds is 2. The van der Waals surface area contributed by atoms with Crippen LogP contribution in [0.25, 0.3) is 0 Å². The Labute approximate surface area is 75.5 Å². The van der Waals surface area contributed by atoms with Crippen LogP contribution in [-0.2, 0) is 4.79 Å². The third-order valence-electron chi connectivity index (χ3n) is 3.17. The molecule has 12 heavy (non-hydrogen) atoms. The van der Waals surface area contributed by atoms with Gasteiger partial charge in [0, 0.05) is 5.92 Å². The first-order chi connectivity index (χ1) is 5.65. The molecule has 1 radical (unpaired) electrons. The van der Waals surface area contributed by atoms with Gasteiger partial charge in [0.15, 0.2) is 0 Å². The molecule has 0 aliphatic heterocycles. The van der Waals surface area contributed by atoms with Gasteiger partial charge >= 0.3 is 0 Å². The smallest absolute Gasteiger partial charge is 0.202 e. The Bertz CT molecular complexity index is 151. The molecule has 1 aliphatic rings. The van der Waals surface area contributed by atoms with Crippen LogP contribution in [0.1, 0.15) is 40.0 Å². The fraction of sp³-hybridized carbons (Fsp3) is 0.909. The molecular weight excluding hydrogens is 148 g/mol. The quantitative estimate of drug-likeness (QED) is 0.618. The Morgan fingerprint density at radius 3 is 2.50 bits per heavy atom. The molecule has 3 unspecified atom stereocenters. The largest absolute Gasteiger partial charge is 0.291 e. The average molecular weight is 167 g/mol. The Morgan fingerprint density at radius 2 is 2.00 bits per heavy atom. The van der Waals surface area contributed by atoms with E-state index in [-0.39, 0.29) is 5.92 Å². The molecule has 69 valence electrons. The zero-order valence-electron chi connectivity index (χ0n) is 8.34. The lowest BCUT2D eigenvalue weighted by molar-refractivity contribution is 0.187. The minimum atomic E-state index is 0.216. The van der Waals surface area contributed by atoms with Gasteiger partial charge in [0.2, 0.25) is 6.29 Å². The third kappa shape index (κ3) is 2.09. The normalized spacial score (nSPS) is 36.8. The highest BCUT2D eigenvalue weighted by molar-refractivity contribution is 5.55. The van der Waals surface area contributed by atoms with Gasteiger partial charge in [-0.1, -0.05) is 27.2 Å². The van der Waals surface area contributed by atoms with Crippen molar-refractivity contribution >= 4 is 6.29 Å². The molecule has 0 N–H and O–H groups in total. The lowest BCUT2D eigenvalue weighted by atomic mass is 9.71. The summed E-state index contributed by atoms with van der Waals surface area (Å²) in [7, 11) is 0. The predicted molar refractivity (Wildman–Crippen MR) is 50.5 cm³/mol. The third-order valence-corrected chi connectivity index (χ3v) is 3.17. The maximum absolute atomic E-state index is 10.7. The maximum atomic E-state index is 10.7.